The van der Waals surface area contributed by atoms with Gasteiger partial charge in [0.1, 0.15) is 45.2 Å². The molecule has 12 nitrogen and oxygen atoms in total. The van der Waals surface area contributed by atoms with E-state index in [9.17, 15) is 38.9 Å². The van der Waals surface area contributed by atoms with Crippen LogP contribution in [0, 0.1) is 0 Å². The third-order valence-corrected chi connectivity index (χ3v) is 5.51. The van der Waals surface area contributed by atoms with Crippen molar-refractivity contribution in [2.24, 2.45) is 0 Å². The molecular formula is C9H21NiO12S3. The van der Waals surface area contributed by atoms with Crippen molar-refractivity contribution in [3.63, 3.8) is 0 Å². The second-order valence-corrected chi connectivity index (χ2v) is 11.4. The van der Waals surface area contributed by atoms with Gasteiger partial charge in [-0.3, -0.25) is 0 Å². The molecule has 157 valence electrons. The maximum Gasteiger partial charge on any atom is 3.00 e. The van der Waals surface area contributed by atoms with Crippen LogP contribution in [0.25, 0.3) is 0 Å². The molecule has 1 radical (unpaired) electrons. The first-order valence-electron chi connectivity index (χ1n) is 5.78. The average Bonchev–Trinajstić information content (AvgIpc) is 2.08. The second kappa shape index (κ2) is 9.87. The Labute approximate surface area is 157 Å². The fourth-order valence-electron chi connectivity index (χ4n) is 0. The zero-order valence-corrected chi connectivity index (χ0v) is 17.5. The van der Waals surface area contributed by atoms with E-state index >= 15 is 0 Å². The Morgan fingerprint density at radius 1 is 0.520 bits per heavy atom. The van der Waals surface area contributed by atoms with Crippen molar-refractivity contribution in [2.45, 2.75) is 56.3 Å². The van der Waals surface area contributed by atoms with Gasteiger partial charge < -0.3 is 29.0 Å². The maximum atomic E-state index is 9.85. The largest absolute Gasteiger partial charge is 3.00 e. The summed E-state index contributed by atoms with van der Waals surface area (Å²) in [5.74, 6) is 0. The fourth-order valence-corrected chi connectivity index (χ4v) is 0. The summed E-state index contributed by atoms with van der Waals surface area (Å²) in [6, 6.07) is 0. The Balaban J connectivity index is -0.000000130. The van der Waals surface area contributed by atoms with Crippen LogP contribution in [0.1, 0.15) is 41.5 Å². The summed E-state index contributed by atoms with van der Waals surface area (Å²) in [6.45, 7) is 5.56. The van der Waals surface area contributed by atoms with E-state index in [1.807, 2.05) is 0 Å². The average molecular weight is 476 g/mol. The molecule has 0 aromatic heterocycles. The van der Waals surface area contributed by atoms with Crippen molar-refractivity contribution in [3.05, 3.63) is 0 Å². The minimum Gasteiger partial charge on any atom is -0.746 e. The van der Waals surface area contributed by atoms with Crippen LogP contribution >= 0.6 is 0 Å². The molecule has 0 amide bonds. The molecule has 0 aliphatic rings. The topological polar surface area (TPSA) is 232 Å². The molecule has 3 N–H and O–H groups in total. The van der Waals surface area contributed by atoms with Crippen molar-refractivity contribution in [1.82, 2.24) is 0 Å². The first kappa shape index (κ1) is 32.7. The third kappa shape index (κ3) is 16.0. The molecule has 0 heterocycles. The van der Waals surface area contributed by atoms with Crippen molar-refractivity contribution >= 4 is 30.4 Å². The van der Waals surface area contributed by atoms with Crippen LogP contribution in [0.15, 0.2) is 0 Å². The molecule has 0 fully saturated rings. The molecule has 0 spiro atoms. The number of hydrogen-bond donors (Lipinski definition) is 3. The molecule has 0 rings (SSSR count). The Morgan fingerprint density at radius 2 is 0.560 bits per heavy atom. The Kier molecular flexibility index (Phi) is 12.9. The zero-order chi connectivity index (χ0) is 21.0. The van der Waals surface area contributed by atoms with Crippen LogP contribution in [0.3, 0.4) is 0 Å². The van der Waals surface area contributed by atoms with Gasteiger partial charge in [0.2, 0.25) is 0 Å². The zero-order valence-electron chi connectivity index (χ0n) is 14.1. The summed E-state index contributed by atoms with van der Waals surface area (Å²) in [7, 11) is -13.6. The van der Waals surface area contributed by atoms with E-state index in [-0.39, 0.29) is 16.5 Å². The van der Waals surface area contributed by atoms with E-state index in [1.54, 1.807) is 0 Å². The van der Waals surface area contributed by atoms with Gasteiger partial charge in [0, 0.05) is 0 Å². The number of rotatable bonds is 3. The van der Waals surface area contributed by atoms with E-state index < -0.39 is 45.2 Å². The molecule has 0 saturated carbocycles. The molecule has 0 atom stereocenters. The Morgan fingerprint density at radius 3 is 0.560 bits per heavy atom. The smallest absolute Gasteiger partial charge is 0.746 e. The van der Waals surface area contributed by atoms with Crippen LogP contribution in [-0.2, 0) is 46.8 Å². The van der Waals surface area contributed by atoms with Crippen LogP contribution in [0.5, 0.6) is 0 Å². The van der Waals surface area contributed by atoms with E-state index in [4.69, 9.17) is 15.3 Å². The van der Waals surface area contributed by atoms with Gasteiger partial charge in [-0.05, 0) is 41.5 Å². The number of aliphatic hydroxyl groups is 3. The second-order valence-electron chi connectivity index (χ2n) is 5.70. The summed E-state index contributed by atoms with van der Waals surface area (Å²) in [5.41, 5.74) is 0. The van der Waals surface area contributed by atoms with E-state index in [2.05, 4.69) is 0 Å². The SMILES string of the molecule is CC(C)(O)S(=O)(=O)[O-].CC(C)(O)S(=O)(=O)[O-].CC(C)(O)S(=O)(=O)[O-].[Ni+3]. The van der Waals surface area contributed by atoms with Crippen molar-refractivity contribution in [3.8, 4) is 0 Å². The molecular weight excluding hydrogens is 455 g/mol. The van der Waals surface area contributed by atoms with Gasteiger partial charge in [0.25, 0.3) is 0 Å². The van der Waals surface area contributed by atoms with Crippen molar-refractivity contribution < 1.29 is 70.7 Å². The molecule has 0 aliphatic carbocycles. The maximum absolute atomic E-state index is 9.85. The predicted octanol–water partition coefficient (Wildman–Crippen LogP) is -2.22. The fraction of sp³-hybridized carbons (Fsp3) is 1.00. The minimum atomic E-state index is -4.53. The van der Waals surface area contributed by atoms with Crippen LogP contribution in [0.2, 0.25) is 0 Å². The summed E-state index contributed by atoms with van der Waals surface area (Å²) in [5, 5.41) is 25.4. The first-order valence-corrected chi connectivity index (χ1v) is 10.0. The molecule has 0 aromatic rings. The number of hydrogen-bond acceptors (Lipinski definition) is 12. The van der Waals surface area contributed by atoms with Gasteiger partial charge in [-0.25, -0.2) is 25.3 Å². The summed E-state index contributed by atoms with van der Waals surface area (Å²) >= 11 is 0. The van der Waals surface area contributed by atoms with E-state index in [0.717, 1.165) is 41.5 Å². The van der Waals surface area contributed by atoms with Gasteiger partial charge in [-0.2, -0.15) is 0 Å². The van der Waals surface area contributed by atoms with Crippen LogP contribution in [0.4, 0.5) is 0 Å². The van der Waals surface area contributed by atoms with Gasteiger partial charge in [-0.15, -0.1) is 0 Å². The molecule has 0 aromatic carbocycles. The first-order chi connectivity index (χ1) is 9.75. The van der Waals surface area contributed by atoms with Crippen molar-refractivity contribution in [2.75, 3.05) is 0 Å². The Hall–Kier alpha value is 0.104. The molecule has 0 aliphatic heterocycles. The summed E-state index contributed by atoms with van der Waals surface area (Å²) in [4.78, 5) is -6.44. The van der Waals surface area contributed by atoms with Crippen LogP contribution in [-0.4, -0.2) is 69.0 Å². The predicted molar refractivity (Wildman–Crippen MR) is 78.0 cm³/mol. The Bertz CT molecular complexity index is 587. The third-order valence-electron chi connectivity index (χ3n) is 1.84. The van der Waals surface area contributed by atoms with Gasteiger partial charge in [0.15, 0.2) is 0 Å². The summed E-state index contributed by atoms with van der Waals surface area (Å²) in [6.07, 6.45) is 0. The van der Waals surface area contributed by atoms with Gasteiger partial charge >= 0.3 is 16.5 Å². The molecule has 0 unspecified atom stereocenters. The van der Waals surface area contributed by atoms with E-state index in [0.29, 0.717) is 0 Å². The van der Waals surface area contributed by atoms with E-state index in [1.165, 1.54) is 0 Å². The quantitative estimate of drug-likeness (QED) is 0.290. The monoisotopic (exact) mass is 475 g/mol. The molecule has 0 bridgehead atoms. The van der Waals surface area contributed by atoms with Crippen LogP contribution < -0.4 is 0 Å². The summed E-state index contributed by atoms with van der Waals surface area (Å²) < 4.78 is 88.6. The standard InChI is InChI=1S/3C3H8O4S.Ni/c3*1-3(2,4)8(5,6)7;/h3*4H,1-2H3,(H,5,6,7);/q;;;+3/p-3. The normalized spacial score (nSPS) is 13.4. The molecule has 16 heteroatoms. The molecule has 0 saturated heterocycles. The van der Waals surface area contributed by atoms with Crippen molar-refractivity contribution in [1.29, 1.82) is 0 Å². The van der Waals surface area contributed by atoms with Gasteiger partial charge in [0.05, 0.1) is 0 Å². The minimum absolute atomic E-state index is 0. The van der Waals surface area contributed by atoms with Gasteiger partial charge in [-0.1, -0.05) is 0 Å². The molecule has 25 heavy (non-hydrogen) atoms.